The van der Waals surface area contributed by atoms with Crippen LogP contribution in [-0.4, -0.2) is 50.3 Å². The van der Waals surface area contributed by atoms with Gasteiger partial charge in [-0.15, -0.1) is 5.10 Å². The largest absolute Gasteiger partial charge is 0.493 e. The molecule has 0 aliphatic heterocycles. The van der Waals surface area contributed by atoms with Gasteiger partial charge in [0, 0.05) is 34.7 Å². The standard InChI is InChI=1S/C25H19N5O5S/c1-34-21-12-18-19(13-22(21)35-2)26-25(36-14-20(31)15-6-4-3-5-7-15)29-24(18)27-23(28-29)16-8-10-17(11-9-16)30(32)33/h3-13H,14H2,1-2H3. The van der Waals surface area contributed by atoms with Gasteiger partial charge in [0.1, 0.15) is 0 Å². The van der Waals surface area contributed by atoms with Gasteiger partial charge in [0.15, 0.2) is 33.9 Å². The number of aromatic nitrogens is 4. The molecular weight excluding hydrogens is 482 g/mol. The molecule has 10 nitrogen and oxygen atoms in total. The summed E-state index contributed by atoms with van der Waals surface area (Å²) in [5.41, 5.74) is 2.29. The van der Waals surface area contributed by atoms with Crippen molar-refractivity contribution in [3.8, 4) is 22.9 Å². The molecule has 11 heteroatoms. The van der Waals surface area contributed by atoms with Gasteiger partial charge in [-0.05, 0) is 18.2 Å². The first kappa shape index (κ1) is 23.2. The van der Waals surface area contributed by atoms with Gasteiger partial charge in [-0.3, -0.25) is 14.9 Å². The summed E-state index contributed by atoms with van der Waals surface area (Å²) in [7, 11) is 3.08. The molecule has 0 bridgehead atoms. The van der Waals surface area contributed by atoms with Gasteiger partial charge in [-0.25, -0.2) is 9.97 Å². The number of carbonyl (C=O) groups is 1. The second-order valence-corrected chi connectivity index (χ2v) is 8.61. The first-order chi connectivity index (χ1) is 17.5. The summed E-state index contributed by atoms with van der Waals surface area (Å²) in [6.07, 6.45) is 0. The van der Waals surface area contributed by atoms with Crippen LogP contribution in [-0.2, 0) is 0 Å². The number of ether oxygens (including phenoxy) is 2. The Morgan fingerprint density at radius 3 is 2.36 bits per heavy atom. The number of non-ortho nitro benzene ring substituents is 1. The minimum Gasteiger partial charge on any atom is -0.493 e. The molecule has 0 saturated heterocycles. The van der Waals surface area contributed by atoms with Crippen molar-refractivity contribution in [1.82, 2.24) is 19.6 Å². The van der Waals surface area contributed by atoms with Gasteiger partial charge < -0.3 is 9.47 Å². The Labute approximate surface area is 209 Å². The molecule has 0 N–H and O–H groups in total. The Hall–Kier alpha value is -4.51. The SMILES string of the molecule is COc1cc2nc(SCC(=O)c3ccccc3)n3nc(-c4ccc([N+](=O)[O-])cc4)nc3c2cc1OC. The molecule has 0 unspecified atom stereocenters. The molecule has 3 aromatic carbocycles. The van der Waals surface area contributed by atoms with E-state index in [2.05, 4.69) is 5.10 Å². The van der Waals surface area contributed by atoms with Crippen LogP contribution in [0.3, 0.4) is 0 Å². The molecule has 0 atom stereocenters. The normalized spacial score (nSPS) is 11.1. The predicted octanol–water partition coefficient (Wildman–Crippen LogP) is 4.84. The Morgan fingerprint density at radius 2 is 1.69 bits per heavy atom. The number of ketones is 1. The second-order valence-electron chi connectivity index (χ2n) is 7.67. The van der Waals surface area contributed by atoms with E-state index < -0.39 is 4.92 Å². The zero-order valence-corrected chi connectivity index (χ0v) is 20.1. The number of Topliss-reactive ketones (excluding diaryl/α,β-unsaturated/α-hetero) is 1. The number of thioether (sulfide) groups is 1. The van der Waals surface area contributed by atoms with E-state index in [4.69, 9.17) is 19.4 Å². The lowest BCUT2D eigenvalue weighted by Gasteiger charge is -2.11. The highest BCUT2D eigenvalue weighted by Crippen LogP contribution is 2.35. The lowest BCUT2D eigenvalue weighted by Crippen LogP contribution is -2.05. The van der Waals surface area contributed by atoms with Crippen LogP contribution in [0, 0.1) is 10.1 Å². The summed E-state index contributed by atoms with van der Waals surface area (Å²) in [6, 6.07) is 18.5. The quantitative estimate of drug-likeness (QED) is 0.0966. The van der Waals surface area contributed by atoms with Crippen molar-refractivity contribution in [3.63, 3.8) is 0 Å². The molecule has 0 radical (unpaired) electrons. The molecular formula is C25H19N5O5S. The zero-order chi connectivity index (χ0) is 25.2. The van der Waals surface area contributed by atoms with Crippen LogP contribution in [0.2, 0.25) is 0 Å². The smallest absolute Gasteiger partial charge is 0.269 e. The zero-order valence-electron chi connectivity index (χ0n) is 19.2. The third kappa shape index (κ3) is 4.31. The number of hydrogen-bond donors (Lipinski definition) is 0. The topological polar surface area (TPSA) is 122 Å². The summed E-state index contributed by atoms with van der Waals surface area (Å²) < 4.78 is 12.5. The van der Waals surface area contributed by atoms with E-state index in [1.807, 2.05) is 18.2 Å². The Kier molecular flexibility index (Phi) is 6.21. The van der Waals surface area contributed by atoms with Gasteiger partial charge in [-0.1, -0.05) is 42.1 Å². The molecule has 5 aromatic rings. The summed E-state index contributed by atoms with van der Waals surface area (Å²) in [5.74, 6) is 1.49. The molecule has 2 heterocycles. The van der Waals surface area contributed by atoms with Crippen LogP contribution in [0.5, 0.6) is 11.5 Å². The molecule has 5 rings (SSSR count). The van der Waals surface area contributed by atoms with Gasteiger partial charge in [0.2, 0.25) is 0 Å². The van der Waals surface area contributed by atoms with E-state index in [-0.39, 0.29) is 17.2 Å². The molecule has 36 heavy (non-hydrogen) atoms. The molecule has 0 aliphatic carbocycles. The third-order valence-corrected chi connectivity index (χ3v) is 6.44. The highest BCUT2D eigenvalue weighted by Gasteiger charge is 2.19. The fourth-order valence-electron chi connectivity index (χ4n) is 3.70. The fourth-order valence-corrected chi connectivity index (χ4v) is 4.53. The first-order valence-electron chi connectivity index (χ1n) is 10.8. The third-order valence-electron chi connectivity index (χ3n) is 5.51. The van der Waals surface area contributed by atoms with Crippen LogP contribution in [0.4, 0.5) is 5.69 Å². The maximum absolute atomic E-state index is 12.7. The van der Waals surface area contributed by atoms with Crippen LogP contribution < -0.4 is 9.47 Å². The number of hydrogen-bond acceptors (Lipinski definition) is 9. The molecule has 0 fully saturated rings. The highest BCUT2D eigenvalue weighted by molar-refractivity contribution is 7.99. The lowest BCUT2D eigenvalue weighted by atomic mass is 10.2. The monoisotopic (exact) mass is 501 g/mol. The number of nitro benzene ring substituents is 1. The molecule has 2 aromatic heterocycles. The molecule has 180 valence electrons. The summed E-state index contributed by atoms with van der Waals surface area (Å²) in [4.78, 5) is 32.8. The average Bonchev–Trinajstić information content (AvgIpc) is 3.37. The van der Waals surface area contributed by atoms with Crippen molar-refractivity contribution in [2.75, 3.05) is 20.0 Å². The highest BCUT2D eigenvalue weighted by atomic mass is 32.2. The Morgan fingerprint density at radius 1 is 1.00 bits per heavy atom. The lowest BCUT2D eigenvalue weighted by molar-refractivity contribution is -0.384. The fraction of sp³-hybridized carbons (Fsp3) is 0.120. The first-order valence-corrected chi connectivity index (χ1v) is 11.8. The van der Waals surface area contributed by atoms with E-state index in [9.17, 15) is 14.9 Å². The Bertz CT molecular complexity index is 1600. The van der Waals surface area contributed by atoms with Gasteiger partial charge >= 0.3 is 0 Å². The minimum atomic E-state index is -0.462. The van der Waals surface area contributed by atoms with Gasteiger partial charge in [-0.2, -0.15) is 4.52 Å². The Balaban J connectivity index is 1.63. The number of rotatable bonds is 8. The maximum atomic E-state index is 12.7. The summed E-state index contributed by atoms with van der Waals surface area (Å²) >= 11 is 1.24. The van der Waals surface area contributed by atoms with Crippen molar-refractivity contribution >= 4 is 39.8 Å². The van der Waals surface area contributed by atoms with Crippen molar-refractivity contribution in [2.45, 2.75) is 5.16 Å². The molecule has 0 aliphatic rings. The molecule has 0 saturated carbocycles. The number of methoxy groups -OCH3 is 2. The van der Waals surface area contributed by atoms with Crippen molar-refractivity contribution in [2.24, 2.45) is 0 Å². The van der Waals surface area contributed by atoms with Crippen molar-refractivity contribution < 1.29 is 19.2 Å². The molecule has 0 spiro atoms. The van der Waals surface area contributed by atoms with E-state index >= 15 is 0 Å². The average molecular weight is 502 g/mol. The number of nitro groups is 1. The van der Waals surface area contributed by atoms with E-state index in [0.717, 1.165) is 0 Å². The van der Waals surface area contributed by atoms with Crippen LogP contribution in [0.25, 0.3) is 27.9 Å². The predicted molar refractivity (Wildman–Crippen MR) is 135 cm³/mol. The van der Waals surface area contributed by atoms with Gasteiger partial charge in [0.05, 0.1) is 30.4 Å². The van der Waals surface area contributed by atoms with Crippen LogP contribution in [0.15, 0.2) is 71.9 Å². The maximum Gasteiger partial charge on any atom is 0.269 e. The van der Waals surface area contributed by atoms with Gasteiger partial charge in [0.25, 0.3) is 5.69 Å². The van der Waals surface area contributed by atoms with E-state index in [1.165, 1.54) is 23.9 Å². The summed E-state index contributed by atoms with van der Waals surface area (Å²) in [6.45, 7) is 0. The number of nitrogens with zero attached hydrogens (tertiary/aromatic N) is 5. The van der Waals surface area contributed by atoms with E-state index in [1.54, 1.807) is 55.1 Å². The van der Waals surface area contributed by atoms with Crippen molar-refractivity contribution in [1.29, 1.82) is 0 Å². The summed E-state index contributed by atoms with van der Waals surface area (Å²) in [5, 5.41) is 16.8. The minimum absolute atomic E-state index is 0.0258. The number of benzene rings is 3. The van der Waals surface area contributed by atoms with Crippen LogP contribution >= 0.6 is 11.8 Å². The number of fused-ring (bicyclic) bond motifs is 3. The van der Waals surface area contributed by atoms with Crippen LogP contribution in [0.1, 0.15) is 10.4 Å². The second kappa shape index (κ2) is 9.62. The molecule has 0 amide bonds. The number of carbonyl (C=O) groups excluding carboxylic acids is 1. The van der Waals surface area contributed by atoms with Crippen molar-refractivity contribution in [3.05, 3.63) is 82.4 Å². The van der Waals surface area contributed by atoms with E-state index in [0.29, 0.717) is 50.2 Å².